The van der Waals surface area contributed by atoms with E-state index in [-0.39, 0.29) is 31.6 Å². The number of anilines is 1. The highest BCUT2D eigenvalue weighted by atomic mass is 32.1. The predicted octanol–water partition coefficient (Wildman–Crippen LogP) is 3.86. The van der Waals surface area contributed by atoms with Crippen LogP contribution in [0.5, 0.6) is 11.5 Å². The highest BCUT2D eigenvalue weighted by Gasteiger charge is 2.15. The second-order valence-electron chi connectivity index (χ2n) is 7.31. The number of rotatable bonds is 9. The van der Waals surface area contributed by atoms with E-state index in [2.05, 4.69) is 15.6 Å². The molecule has 8 nitrogen and oxygen atoms in total. The smallest absolute Gasteiger partial charge is 0.255 e. The van der Waals surface area contributed by atoms with Gasteiger partial charge in [-0.05, 0) is 35.7 Å². The zero-order valence-corrected chi connectivity index (χ0v) is 19.2. The number of fused-ring (bicyclic) bond motifs is 1. The SMILES string of the molecule is COc1cccc(C(=O)Nc2cccc(OCc3csc4c(C(=O)NCCO)cncc34)c2)c1. The molecular weight excluding hydrogens is 454 g/mol. The van der Waals surface area contributed by atoms with E-state index in [0.717, 1.165) is 15.6 Å². The average Bonchev–Trinajstić information content (AvgIpc) is 3.29. The van der Waals surface area contributed by atoms with Crippen LogP contribution in [0, 0.1) is 0 Å². The number of carbonyl (C=O) groups excluding carboxylic acids is 2. The van der Waals surface area contributed by atoms with E-state index in [4.69, 9.17) is 14.6 Å². The van der Waals surface area contributed by atoms with Crippen molar-refractivity contribution in [2.45, 2.75) is 6.61 Å². The lowest BCUT2D eigenvalue weighted by Gasteiger charge is -2.10. The van der Waals surface area contributed by atoms with Crippen LogP contribution < -0.4 is 20.1 Å². The Hall–Kier alpha value is -3.95. The Morgan fingerprint density at radius 1 is 1.06 bits per heavy atom. The van der Waals surface area contributed by atoms with Gasteiger partial charge in [0.15, 0.2) is 0 Å². The molecule has 34 heavy (non-hydrogen) atoms. The van der Waals surface area contributed by atoms with Crippen LogP contribution in [0.1, 0.15) is 26.3 Å². The Labute approximate surface area is 200 Å². The number of carbonyl (C=O) groups is 2. The van der Waals surface area contributed by atoms with E-state index in [1.54, 1.807) is 55.8 Å². The van der Waals surface area contributed by atoms with Gasteiger partial charge < -0.3 is 25.2 Å². The van der Waals surface area contributed by atoms with Gasteiger partial charge in [0.25, 0.3) is 11.8 Å². The highest BCUT2D eigenvalue weighted by Crippen LogP contribution is 2.29. The third kappa shape index (κ3) is 5.33. The molecule has 2 heterocycles. The lowest BCUT2D eigenvalue weighted by molar-refractivity contribution is 0.0945. The van der Waals surface area contributed by atoms with Gasteiger partial charge in [0, 0.05) is 47.2 Å². The van der Waals surface area contributed by atoms with Crippen molar-refractivity contribution in [2.24, 2.45) is 0 Å². The Bertz CT molecular complexity index is 1320. The van der Waals surface area contributed by atoms with Crippen LogP contribution in [0.3, 0.4) is 0 Å². The lowest BCUT2D eigenvalue weighted by Crippen LogP contribution is -2.26. The number of aliphatic hydroxyl groups is 1. The average molecular weight is 478 g/mol. The van der Waals surface area contributed by atoms with Crippen LogP contribution in [0.4, 0.5) is 5.69 Å². The number of ether oxygens (including phenoxy) is 2. The summed E-state index contributed by atoms with van der Waals surface area (Å²) < 4.78 is 11.9. The number of hydrogen-bond donors (Lipinski definition) is 3. The molecule has 0 saturated carbocycles. The monoisotopic (exact) mass is 477 g/mol. The van der Waals surface area contributed by atoms with Gasteiger partial charge in [-0.25, -0.2) is 0 Å². The van der Waals surface area contributed by atoms with Gasteiger partial charge in [0.1, 0.15) is 18.1 Å². The number of methoxy groups -OCH3 is 1. The Morgan fingerprint density at radius 2 is 1.88 bits per heavy atom. The number of nitrogens with zero attached hydrogens (tertiary/aromatic N) is 1. The summed E-state index contributed by atoms with van der Waals surface area (Å²) >= 11 is 1.44. The van der Waals surface area contributed by atoms with E-state index in [0.29, 0.717) is 28.3 Å². The second-order valence-corrected chi connectivity index (χ2v) is 8.19. The Kier molecular flexibility index (Phi) is 7.36. The lowest BCUT2D eigenvalue weighted by atomic mass is 10.1. The van der Waals surface area contributed by atoms with E-state index in [1.807, 2.05) is 11.4 Å². The van der Waals surface area contributed by atoms with Crippen LogP contribution >= 0.6 is 11.3 Å². The number of pyridine rings is 1. The van der Waals surface area contributed by atoms with Crippen molar-refractivity contribution in [3.63, 3.8) is 0 Å². The number of benzene rings is 2. The fraction of sp³-hybridized carbons (Fsp3) is 0.160. The molecule has 0 bridgehead atoms. The maximum atomic E-state index is 12.6. The molecule has 4 rings (SSSR count). The molecule has 4 aromatic rings. The van der Waals surface area contributed by atoms with Crippen molar-refractivity contribution in [1.29, 1.82) is 0 Å². The summed E-state index contributed by atoms with van der Waals surface area (Å²) in [6, 6.07) is 14.1. The molecule has 2 amide bonds. The van der Waals surface area contributed by atoms with Crippen molar-refractivity contribution in [1.82, 2.24) is 10.3 Å². The van der Waals surface area contributed by atoms with E-state index in [1.165, 1.54) is 17.5 Å². The van der Waals surface area contributed by atoms with Crippen LogP contribution in [0.15, 0.2) is 66.3 Å². The summed E-state index contributed by atoms with van der Waals surface area (Å²) in [4.78, 5) is 29.1. The second kappa shape index (κ2) is 10.8. The molecule has 2 aromatic carbocycles. The third-order valence-corrected chi connectivity index (χ3v) is 6.10. The normalized spacial score (nSPS) is 10.6. The minimum absolute atomic E-state index is 0.127. The fourth-order valence-corrected chi connectivity index (χ4v) is 4.37. The van der Waals surface area contributed by atoms with E-state index >= 15 is 0 Å². The molecule has 0 unspecified atom stereocenters. The molecule has 0 aliphatic rings. The molecule has 0 saturated heterocycles. The maximum absolute atomic E-state index is 12.6. The number of thiophene rings is 1. The van der Waals surface area contributed by atoms with Crippen LogP contribution in [0.25, 0.3) is 10.1 Å². The third-order valence-electron chi connectivity index (χ3n) is 5.02. The van der Waals surface area contributed by atoms with E-state index in [9.17, 15) is 9.59 Å². The summed E-state index contributed by atoms with van der Waals surface area (Å²) in [7, 11) is 1.55. The molecule has 0 fully saturated rings. The largest absolute Gasteiger partial charge is 0.497 e. The highest BCUT2D eigenvalue weighted by molar-refractivity contribution is 7.17. The molecular formula is C25H23N3O5S. The number of hydrogen-bond acceptors (Lipinski definition) is 7. The zero-order chi connectivity index (χ0) is 23.9. The standard InChI is InChI=1S/C25H23N3O5S/c1-32-19-6-2-4-16(10-19)24(30)28-18-5-3-7-20(11-18)33-14-17-15-34-23-21(17)12-26-13-22(23)25(31)27-8-9-29/h2-7,10-13,15,29H,8-9,14H2,1H3,(H,27,31)(H,28,30). The summed E-state index contributed by atoms with van der Waals surface area (Å²) in [5, 5.41) is 17.2. The first-order valence-electron chi connectivity index (χ1n) is 10.5. The maximum Gasteiger partial charge on any atom is 0.255 e. The quantitative estimate of drug-likeness (QED) is 0.338. The topological polar surface area (TPSA) is 110 Å². The Morgan fingerprint density at radius 3 is 2.71 bits per heavy atom. The molecule has 174 valence electrons. The van der Waals surface area contributed by atoms with Gasteiger partial charge in [0.2, 0.25) is 0 Å². The predicted molar refractivity (Wildman–Crippen MR) is 131 cm³/mol. The van der Waals surface area contributed by atoms with Crippen molar-refractivity contribution >= 4 is 38.9 Å². The summed E-state index contributed by atoms with van der Waals surface area (Å²) in [6.45, 7) is 0.329. The fourth-order valence-electron chi connectivity index (χ4n) is 3.33. The number of aromatic nitrogens is 1. The Balaban J connectivity index is 1.45. The minimum Gasteiger partial charge on any atom is -0.497 e. The zero-order valence-electron chi connectivity index (χ0n) is 18.4. The summed E-state index contributed by atoms with van der Waals surface area (Å²) in [6.07, 6.45) is 3.22. The number of amides is 2. The van der Waals surface area contributed by atoms with E-state index < -0.39 is 0 Å². The first kappa shape index (κ1) is 23.2. The molecule has 0 spiro atoms. The summed E-state index contributed by atoms with van der Waals surface area (Å²) in [5.41, 5.74) is 2.45. The van der Waals surface area contributed by atoms with Gasteiger partial charge in [-0.2, -0.15) is 0 Å². The van der Waals surface area contributed by atoms with Crippen LogP contribution in [0.2, 0.25) is 0 Å². The van der Waals surface area contributed by atoms with Crippen LogP contribution in [-0.2, 0) is 6.61 Å². The first-order valence-corrected chi connectivity index (χ1v) is 11.4. The van der Waals surface area contributed by atoms with Gasteiger partial charge in [0.05, 0.1) is 24.0 Å². The van der Waals surface area contributed by atoms with Crippen molar-refractivity contribution in [3.8, 4) is 11.5 Å². The number of nitrogens with one attached hydrogen (secondary N) is 2. The van der Waals surface area contributed by atoms with Crippen molar-refractivity contribution in [3.05, 3.63) is 83.0 Å². The first-order chi connectivity index (χ1) is 16.6. The molecule has 0 aliphatic heterocycles. The molecule has 2 aromatic heterocycles. The van der Waals surface area contributed by atoms with Gasteiger partial charge in [-0.15, -0.1) is 11.3 Å². The molecule has 0 radical (unpaired) electrons. The molecule has 0 atom stereocenters. The molecule has 3 N–H and O–H groups in total. The van der Waals surface area contributed by atoms with Gasteiger partial charge in [-0.1, -0.05) is 12.1 Å². The van der Waals surface area contributed by atoms with Crippen molar-refractivity contribution in [2.75, 3.05) is 25.6 Å². The number of aliphatic hydroxyl groups excluding tert-OH is 1. The van der Waals surface area contributed by atoms with Gasteiger partial charge >= 0.3 is 0 Å². The molecule has 9 heteroatoms. The van der Waals surface area contributed by atoms with Gasteiger partial charge in [-0.3, -0.25) is 14.6 Å². The molecule has 0 aliphatic carbocycles. The summed E-state index contributed by atoms with van der Waals surface area (Å²) in [5.74, 6) is 0.669. The minimum atomic E-state index is -0.277. The van der Waals surface area contributed by atoms with Crippen molar-refractivity contribution < 1.29 is 24.2 Å². The van der Waals surface area contributed by atoms with Crippen LogP contribution in [-0.4, -0.2) is 42.2 Å².